The molecule has 116 valence electrons. The van der Waals surface area contributed by atoms with Crippen molar-refractivity contribution in [1.82, 2.24) is 0 Å². The predicted octanol–water partition coefficient (Wildman–Crippen LogP) is 4.62. The van der Waals surface area contributed by atoms with Crippen LogP contribution < -0.4 is 0 Å². The molecule has 0 saturated heterocycles. The fourth-order valence-corrected chi connectivity index (χ4v) is 2.90. The first-order chi connectivity index (χ1) is 9.67. The standard InChI is InChI=1S/C18H28O2Si/c1-8-17(20-21(6,7)18(3,4)5)15(2)19-14-16-12-10-9-11-13-16/h1,9-13,15,17H,14H2,2-7H3. The Morgan fingerprint density at radius 2 is 1.76 bits per heavy atom. The van der Waals surface area contributed by atoms with E-state index in [0.29, 0.717) is 6.61 Å². The van der Waals surface area contributed by atoms with E-state index < -0.39 is 8.32 Å². The molecule has 0 amide bonds. The van der Waals surface area contributed by atoms with Crippen LogP contribution in [0.15, 0.2) is 30.3 Å². The zero-order chi connectivity index (χ0) is 16.1. The average Bonchev–Trinajstić information content (AvgIpc) is 2.42. The molecule has 0 N–H and O–H groups in total. The van der Waals surface area contributed by atoms with Gasteiger partial charge in [-0.05, 0) is 30.6 Å². The molecule has 0 spiro atoms. The molecule has 0 aliphatic carbocycles. The minimum absolute atomic E-state index is 0.121. The molecule has 0 aliphatic heterocycles. The van der Waals surface area contributed by atoms with E-state index in [1.54, 1.807) is 0 Å². The van der Waals surface area contributed by atoms with E-state index in [2.05, 4.69) is 39.8 Å². The van der Waals surface area contributed by atoms with Crippen LogP contribution in [-0.2, 0) is 15.8 Å². The van der Waals surface area contributed by atoms with Crippen molar-refractivity contribution in [2.45, 2.75) is 64.6 Å². The fourth-order valence-electron chi connectivity index (χ4n) is 1.65. The van der Waals surface area contributed by atoms with Gasteiger partial charge in [0, 0.05) is 0 Å². The number of benzene rings is 1. The quantitative estimate of drug-likeness (QED) is 0.564. The number of hydrogen-bond donors (Lipinski definition) is 0. The third-order valence-corrected chi connectivity index (χ3v) is 8.63. The lowest BCUT2D eigenvalue weighted by atomic mass is 10.2. The maximum absolute atomic E-state index is 6.28. The molecule has 0 fully saturated rings. The molecule has 1 rings (SSSR count). The molecule has 2 nitrogen and oxygen atoms in total. The molecule has 0 bridgehead atoms. The molecule has 0 heterocycles. The van der Waals surface area contributed by atoms with Crippen LogP contribution in [0.2, 0.25) is 18.1 Å². The van der Waals surface area contributed by atoms with Gasteiger partial charge in [0.1, 0.15) is 6.10 Å². The van der Waals surface area contributed by atoms with Gasteiger partial charge in [-0.25, -0.2) is 0 Å². The van der Waals surface area contributed by atoms with Gasteiger partial charge < -0.3 is 9.16 Å². The van der Waals surface area contributed by atoms with Gasteiger partial charge in [-0.3, -0.25) is 0 Å². The van der Waals surface area contributed by atoms with Gasteiger partial charge in [0.25, 0.3) is 0 Å². The summed E-state index contributed by atoms with van der Waals surface area (Å²) in [6, 6.07) is 10.1. The highest BCUT2D eigenvalue weighted by atomic mass is 28.4. The maximum Gasteiger partial charge on any atom is 0.193 e. The van der Waals surface area contributed by atoms with Crippen LogP contribution in [0.3, 0.4) is 0 Å². The van der Waals surface area contributed by atoms with Crippen molar-refractivity contribution in [2.24, 2.45) is 0 Å². The van der Waals surface area contributed by atoms with Crippen LogP contribution in [0, 0.1) is 12.3 Å². The molecule has 1 aromatic carbocycles. The second kappa shape index (κ2) is 7.26. The van der Waals surface area contributed by atoms with Crippen molar-refractivity contribution in [3.05, 3.63) is 35.9 Å². The van der Waals surface area contributed by atoms with Crippen LogP contribution in [0.5, 0.6) is 0 Å². The van der Waals surface area contributed by atoms with E-state index in [-0.39, 0.29) is 17.2 Å². The monoisotopic (exact) mass is 304 g/mol. The summed E-state index contributed by atoms with van der Waals surface area (Å²) in [6.07, 6.45) is 5.24. The minimum Gasteiger partial charge on any atom is -0.401 e. The second-order valence-corrected chi connectivity index (χ2v) is 11.7. The van der Waals surface area contributed by atoms with E-state index in [1.807, 2.05) is 37.3 Å². The van der Waals surface area contributed by atoms with Crippen molar-refractivity contribution in [3.8, 4) is 12.3 Å². The van der Waals surface area contributed by atoms with Gasteiger partial charge in [0.15, 0.2) is 8.32 Å². The lowest BCUT2D eigenvalue weighted by Crippen LogP contribution is -2.46. The Labute approximate surface area is 131 Å². The Hall–Kier alpha value is -1.08. The van der Waals surface area contributed by atoms with Crippen molar-refractivity contribution < 1.29 is 9.16 Å². The van der Waals surface area contributed by atoms with Gasteiger partial charge in [0.05, 0.1) is 12.7 Å². The average molecular weight is 305 g/mol. The first-order valence-electron chi connectivity index (χ1n) is 7.47. The minimum atomic E-state index is -1.88. The van der Waals surface area contributed by atoms with Crippen molar-refractivity contribution in [2.75, 3.05) is 0 Å². The van der Waals surface area contributed by atoms with Gasteiger partial charge in [-0.1, -0.05) is 57.0 Å². The third-order valence-electron chi connectivity index (χ3n) is 4.17. The van der Waals surface area contributed by atoms with Crippen LogP contribution >= 0.6 is 0 Å². The molecule has 0 saturated carbocycles. The van der Waals surface area contributed by atoms with Crippen LogP contribution in [0.1, 0.15) is 33.3 Å². The predicted molar refractivity (Wildman–Crippen MR) is 91.6 cm³/mol. The Morgan fingerprint density at radius 3 is 2.24 bits per heavy atom. The highest BCUT2D eigenvalue weighted by Crippen LogP contribution is 2.37. The zero-order valence-corrected chi connectivity index (χ0v) is 15.1. The van der Waals surface area contributed by atoms with Crippen molar-refractivity contribution >= 4 is 8.32 Å². The van der Waals surface area contributed by atoms with E-state index in [0.717, 1.165) is 5.56 Å². The summed E-state index contributed by atoms with van der Waals surface area (Å²) in [6.45, 7) is 13.6. The lowest BCUT2D eigenvalue weighted by molar-refractivity contribution is -0.00687. The van der Waals surface area contributed by atoms with Crippen LogP contribution in [-0.4, -0.2) is 20.5 Å². The third kappa shape index (κ3) is 5.31. The molecular formula is C18H28O2Si. The number of rotatable bonds is 6. The van der Waals surface area contributed by atoms with E-state index >= 15 is 0 Å². The molecular weight excluding hydrogens is 276 g/mol. The molecule has 3 heteroatoms. The Kier molecular flexibility index (Phi) is 6.21. The smallest absolute Gasteiger partial charge is 0.193 e. The first kappa shape index (κ1) is 18.0. The molecule has 1 aromatic rings. The normalized spacial score (nSPS) is 15.3. The summed E-state index contributed by atoms with van der Waals surface area (Å²) in [5, 5.41) is 0.140. The van der Waals surface area contributed by atoms with E-state index in [1.165, 1.54) is 0 Å². The number of ether oxygens (including phenoxy) is 1. The molecule has 0 radical (unpaired) electrons. The summed E-state index contributed by atoms with van der Waals surface area (Å²) in [5.74, 6) is 2.75. The van der Waals surface area contributed by atoms with Crippen LogP contribution in [0.25, 0.3) is 0 Å². The van der Waals surface area contributed by atoms with E-state index in [9.17, 15) is 0 Å². The largest absolute Gasteiger partial charge is 0.401 e. The van der Waals surface area contributed by atoms with Crippen molar-refractivity contribution in [3.63, 3.8) is 0 Å². The molecule has 2 unspecified atom stereocenters. The molecule has 0 aliphatic rings. The molecule has 2 atom stereocenters. The molecule has 21 heavy (non-hydrogen) atoms. The van der Waals surface area contributed by atoms with Gasteiger partial charge in [0.2, 0.25) is 0 Å². The van der Waals surface area contributed by atoms with Gasteiger partial charge >= 0.3 is 0 Å². The van der Waals surface area contributed by atoms with Crippen molar-refractivity contribution in [1.29, 1.82) is 0 Å². The Morgan fingerprint density at radius 1 is 1.19 bits per heavy atom. The number of terminal acetylenes is 1. The second-order valence-electron chi connectivity index (χ2n) is 6.97. The maximum atomic E-state index is 6.28. The van der Waals surface area contributed by atoms with Gasteiger partial charge in [-0.15, -0.1) is 6.42 Å². The van der Waals surface area contributed by atoms with Crippen LogP contribution in [0.4, 0.5) is 0 Å². The number of hydrogen-bond acceptors (Lipinski definition) is 2. The summed E-state index contributed by atoms with van der Waals surface area (Å²) in [7, 11) is -1.88. The fraction of sp³-hybridized carbons (Fsp3) is 0.556. The summed E-state index contributed by atoms with van der Waals surface area (Å²) in [4.78, 5) is 0. The SMILES string of the molecule is C#CC(O[Si](C)(C)C(C)(C)C)C(C)OCc1ccccc1. The highest BCUT2D eigenvalue weighted by molar-refractivity contribution is 6.74. The zero-order valence-electron chi connectivity index (χ0n) is 14.1. The van der Waals surface area contributed by atoms with E-state index in [4.69, 9.17) is 15.6 Å². The Bertz CT molecular complexity index is 468. The summed E-state index contributed by atoms with van der Waals surface area (Å²) in [5.41, 5.74) is 1.15. The topological polar surface area (TPSA) is 18.5 Å². The summed E-state index contributed by atoms with van der Waals surface area (Å²) < 4.78 is 12.2. The molecule has 0 aromatic heterocycles. The van der Waals surface area contributed by atoms with Gasteiger partial charge in [-0.2, -0.15) is 0 Å². The first-order valence-corrected chi connectivity index (χ1v) is 10.4. The Balaban J connectivity index is 2.62. The lowest BCUT2D eigenvalue weighted by Gasteiger charge is -2.39. The highest BCUT2D eigenvalue weighted by Gasteiger charge is 2.40. The summed E-state index contributed by atoms with van der Waals surface area (Å²) >= 11 is 0.